The van der Waals surface area contributed by atoms with E-state index in [1.165, 1.54) is 14.0 Å². The van der Waals surface area contributed by atoms with Gasteiger partial charge < -0.3 is 19.9 Å². The molecule has 9 nitrogen and oxygen atoms in total. The van der Waals surface area contributed by atoms with Crippen molar-refractivity contribution in [1.29, 1.82) is 0 Å². The van der Waals surface area contributed by atoms with Crippen LogP contribution in [0.2, 0.25) is 0 Å². The lowest BCUT2D eigenvalue weighted by atomic mass is 10.1. The van der Waals surface area contributed by atoms with E-state index in [4.69, 9.17) is 19.9 Å². The number of nitrogens with two attached hydrogens (primary N) is 1. The van der Waals surface area contributed by atoms with Crippen molar-refractivity contribution in [3.05, 3.63) is 23.9 Å². The molecule has 0 saturated carbocycles. The molecule has 0 radical (unpaired) electrons. The lowest BCUT2D eigenvalue weighted by molar-refractivity contribution is -0.141. The van der Waals surface area contributed by atoms with Gasteiger partial charge in [0.25, 0.3) is 5.91 Å². The van der Waals surface area contributed by atoms with Gasteiger partial charge >= 0.3 is 5.97 Å². The zero-order valence-corrected chi connectivity index (χ0v) is 12.7. The Labute approximate surface area is 131 Å². The number of amides is 1. The molecule has 1 amide bonds. The van der Waals surface area contributed by atoms with Crippen LogP contribution in [0, 0.1) is 0 Å². The lowest BCUT2D eigenvalue weighted by Crippen LogP contribution is -2.12. The number of rotatable bonds is 7. The van der Waals surface area contributed by atoms with Crippen LogP contribution in [0.15, 0.2) is 18.2 Å². The molecule has 9 heteroatoms. The molecule has 0 saturated heterocycles. The van der Waals surface area contributed by atoms with Gasteiger partial charge in [-0.25, -0.2) is 0 Å². The Morgan fingerprint density at radius 3 is 2.65 bits per heavy atom. The number of aromatic amines is 1. The summed E-state index contributed by atoms with van der Waals surface area (Å²) in [6, 6.07) is 4.99. The molecule has 1 aromatic heterocycles. The highest BCUT2D eigenvalue weighted by Crippen LogP contribution is 2.32. The second-order valence-electron chi connectivity index (χ2n) is 4.44. The van der Waals surface area contributed by atoms with Crippen LogP contribution in [0.25, 0.3) is 11.3 Å². The van der Waals surface area contributed by atoms with E-state index < -0.39 is 5.91 Å². The first-order valence-electron chi connectivity index (χ1n) is 6.68. The van der Waals surface area contributed by atoms with Crippen molar-refractivity contribution < 1.29 is 23.8 Å². The molecule has 0 atom stereocenters. The van der Waals surface area contributed by atoms with Crippen LogP contribution < -0.4 is 15.2 Å². The average Bonchev–Trinajstić information content (AvgIpc) is 3.01. The van der Waals surface area contributed by atoms with E-state index in [2.05, 4.69) is 15.4 Å². The smallest absolute Gasteiger partial charge is 0.302 e. The molecule has 0 bridgehead atoms. The molecule has 0 aliphatic carbocycles. The van der Waals surface area contributed by atoms with E-state index >= 15 is 0 Å². The number of nitrogens with one attached hydrogen (secondary N) is 1. The van der Waals surface area contributed by atoms with Crippen LogP contribution in [0.4, 0.5) is 0 Å². The quantitative estimate of drug-likeness (QED) is 0.562. The van der Waals surface area contributed by atoms with Crippen LogP contribution in [-0.2, 0) is 9.53 Å². The number of carbonyl (C=O) groups is 2. The summed E-state index contributed by atoms with van der Waals surface area (Å²) in [5.74, 6) is -0.161. The summed E-state index contributed by atoms with van der Waals surface area (Å²) in [7, 11) is 1.48. The van der Waals surface area contributed by atoms with E-state index in [0.717, 1.165) is 0 Å². The van der Waals surface area contributed by atoms with Gasteiger partial charge in [-0.05, 0) is 18.2 Å². The van der Waals surface area contributed by atoms with Crippen LogP contribution in [-0.4, -0.2) is 47.6 Å². The minimum Gasteiger partial charge on any atom is -0.493 e. The standard InChI is InChI=1S/C14H16N4O5/c1-8(19)22-5-6-23-10-4-3-9(7-11(10)21-2)12-13(14(15)20)17-18-16-12/h3-4,7H,5-6H2,1-2H3,(H2,15,20)(H,16,17,18). The largest absolute Gasteiger partial charge is 0.493 e. The fraction of sp³-hybridized carbons (Fsp3) is 0.286. The van der Waals surface area contributed by atoms with Gasteiger partial charge in [-0.1, -0.05) is 0 Å². The molecule has 3 N–H and O–H groups in total. The third-order valence-electron chi connectivity index (χ3n) is 2.86. The number of primary amides is 1. The molecule has 0 unspecified atom stereocenters. The van der Waals surface area contributed by atoms with Gasteiger partial charge in [-0.2, -0.15) is 15.4 Å². The van der Waals surface area contributed by atoms with Gasteiger partial charge in [0, 0.05) is 12.5 Å². The second-order valence-corrected chi connectivity index (χ2v) is 4.44. The van der Waals surface area contributed by atoms with Crippen LogP contribution in [0.3, 0.4) is 0 Å². The summed E-state index contributed by atoms with van der Waals surface area (Å²) in [6.45, 7) is 1.64. The molecule has 1 aromatic carbocycles. The summed E-state index contributed by atoms with van der Waals surface area (Å²) in [5, 5.41) is 9.99. The lowest BCUT2D eigenvalue weighted by Gasteiger charge is -2.11. The first-order valence-corrected chi connectivity index (χ1v) is 6.68. The highest BCUT2D eigenvalue weighted by atomic mass is 16.6. The molecule has 2 rings (SSSR count). The van der Waals surface area contributed by atoms with Crippen LogP contribution in [0.5, 0.6) is 11.5 Å². The van der Waals surface area contributed by atoms with Crippen molar-refractivity contribution in [2.45, 2.75) is 6.92 Å². The maximum Gasteiger partial charge on any atom is 0.302 e. The molecule has 1 heterocycles. The molecule has 0 fully saturated rings. The Kier molecular flexibility index (Phi) is 5.13. The van der Waals surface area contributed by atoms with Crippen molar-refractivity contribution in [2.24, 2.45) is 5.73 Å². The monoisotopic (exact) mass is 320 g/mol. The highest BCUT2D eigenvalue weighted by Gasteiger charge is 2.17. The Hall–Kier alpha value is -3.10. The molecule has 0 aliphatic rings. The van der Waals surface area contributed by atoms with E-state index in [9.17, 15) is 9.59 Å². The maximum absolute atomic E-state index is 11.3. The number of hydrogen-bond acceptors (Lipinski definition) is 7. The summed E-state index contributed by atoms with van der Waals surface area (Å²) >= 11 is 0. The van der Waals surface area contributed by atoms with Gasteiger partial charge in [0.15, 0.2) is 17.2 Å². The number of methoxy groups -OCH3 is 1. The van der Waals surface area contributed by atoms with Crippen molar-refractivity contribution >= 4 is 11.9 Å². The highest BCUT2D eigenvalue weighted by molar-refractivity contribution is 5.96. The number of aromatic nitrogens is 3. The van der Waals surface area contributed by atoms with Gasteiger partial charge in [-0.15, -0.1) is 0 Å². The second kappa shape index (κ2) is 7.25. The topological polar surface area (TPSA) is 129 Å². The summed E-state index contributed by atoms with van der Waals surface area (Å²) in [4.78, 5) is 22.0. The average molecular weight is 320 g/mol. The van der Waals surface area contributed by atoms with Crippen molar-refractivity contribution in [3.8, 4) is 22.8 Å². The fourth-order valence-corrected chi connectivity index (χ4v) is 1.88. The van der Waals surface area contributed by atoms with E-state index in [0.29, 0.717) is 22.8 Å². The predicted octanol–water partition coefficient (Wildman–Crippen LogP) is 0.521. The van der Waals surface area contributed by atoms with Gasteiger partial charge in [-0.3, -0.25) is 9.59 Å². The van der Waals surface area contributed by atoms with Crippen LogP contribution >= 0.6 is 0 Å². The molecular weight excluding hydrogens is 304 g/mol. The summed E-state index contributed by atoms with van der Waals surface area (Å²) in [6.07, 6.45) is 0. The van der Waals surface area contributed by atoms with Crippen molar-refractivity contribution in [3.63, 3.8) is 0 Å². The number of carbonyl (C=O) groups excluding carboxylic acids is 2. The Balaban J connectivity index is 2.17. The molecule has 2 aromatic rings. The Bertz CT molecular complexity index is 713. The van der Waals surface area contributed by atoms with Gasteiger partial charge in [0.2, 0.25) is 0 Å². The number of H-pyrrole nitrogens is 1. The van der Waals surface area contributed by atoms with Gasteiger partial charge in [0.1, 0.15) is 18.9 Å². The normalized spacial score (nSPS) is 10.2. The zero-order valence-electron chi connectivity index (χ0n) is 12.7. The summed E-state index contributed by atoms with van der Waals surface area (Å²) < 4.78 is 15.5. The Morgan fingerprint density at radius 2 is 2.00 bits per heavy atom. The van der Waals surface area contributed by atoms with E-state index in [-0.39, 0.29) is 24.9 Å². The molecule has 122 valence electrons. The van der Waals surface area contributed by atoms with Crippen molar-refractivity contribution in [2.75, 3.05) is 20.3 Å². The summed E-state index contributed by atoms with van der Waals surface area (Å²) in [5.41, 5.74) is 6.20. The Morgan fingerprint density at radius 1 is 1.22 bits per heavy atom. The SMILES string of the molecule is COc1cc(-c2n[nH]nc2C(N)=O)ccc1OCCOC(C)=O. The number of esters is 1. The fourth-order valence-electron chi connectivity index (χ4n) is 1.88. The molecular formula is C14H16N4O5. The predicted molar refractivity (Wildman–Crippen MR) is 79.0 cm³/mol. The first kappa shape index (κ1) is 16.3. The number of benzene rings is 1. The molecule has 23 heavy (non-hydrogen) atoms. The number of hydrogen-bond donors (Lipinski definition) is 2. The third kappa shape index (κ3) is 3.96. The first-order chi connectivity index (χ1) is 11.0. The minimum atomic E-state index is -0.686. The van der Waals surface area contributed by atoms with E-state index in [1.807, 2.05) is 0 Å². The minimum absolute atomic E-state index is 0.0376. The van der Waals surface area contributed by atoms with Gasteiger partial charge in [0.05, 0.1) is 7.11 Å². The van der Waals surface area contributed by atoms with Crippen LogP contribution in [0.1, 0.15) is 17.4 Å². The van der Waals surface area contributed by atoms with Crippen molar-refractivity contribution in [1.82, 2.24) is 15.4 Å². The number of ether oxygens (including phenoxy) is 3. The van der Waals surface area contributed by atoms with E-state index in [1.54, 1.807) is 18.2 Å². The maximum atomic E-state index is 11.3. The number of nitrogens with zero attached hydrogens (tertiary/aromatic N) is 2. The molecule has 0 aliphatic heterocycles. The zero-order chi connectivity index (χ0) is 16.8. The third-order valence-corrected chi connectivity index (χ3v) is 2.86. The molecule has 0 spiro atoms.